The van der Waals surface area contributed by atoms with Crippen molar-refractivity contribution in [1.29, 1.82) is 0 Å². The number of hydrogen-bond donors (Lipinski definition) is 0. The zero-order chi connectivity index (χ0) is 54.0. The van der Waals surface area contributed by atoms with Crippen LogP contribution < -0.4 is 25.6 Å². The number of anilines is 3. The number of nitrogens with zero attached hydrogens (tertiary/aromatic N) is 1. The lowest BCUT2D eigenvalue weighted by atomic mass is 9.81. The summed E-state index contributed by atoms with van der Waals surface area (Å²) in [6.07, 6.45) is 0. The lowest BCUT2D eigenvalue weighted by molar-refractivity contribution is 0.590. The molecule has 2 aliphatic carbocycles. The Morgan fingerprint density at radius 3 is 1.32 bits per heavy atom. The van der Waals surface area contributed by atoms with Gasteiger partial charge in [-0.25, -0.2) is 0 Å². The Morgan fingerprint density at radius 2 is 0.835 bits per heavy atom. The van der Waals surface area contributed by atoms with E-state index in [1.807, 2.05) is 0 Å². The summed E-state index contributed by atoms with van der Waals surface area (Å²) >= 11 is 0. The van der Waals surface area contributed by atoms with E-state index in [1.165, 1.54) is 143 Å². The third-order valence-corrected chi connectivity index (χ3v) is 26.7. The van der Waals surface area contributed by atoms with Crippen molar-refractivity contribution in [2.24, 2.45) is 0 Å². The van der Waals surface area contributed by atoms with Crippen LogP contribution in [0.15, 0.2) is 191 Å². The highest BCUT2D eigenvalue weighted by atomic mass is 28.3. The molecule has 0 spiro atoms. The molecule has 10 aromatic carbocycles. The summed E-state index contributed by atoms with van der Waals surface area (Å²) in [7, 11) is -4.59. The van der Waals surface area contributed by atoms with Crippen molar-refractivity contribution in [3.05, 3.63) is 210 Å². The second-order valence-electron chi connectivity index (χ2n) is 26.4. The SMILES string of the molecule is CC(C)(C)c1ccc(N(c2ccc3c(c2)[Si](C)(C)c2cc4c(cc2-3)C(C)(C)c2ccc3oc5ccccc5c3c2-4)c2ccc3c(c2)[Si](C)(C)c2cc4c(cc2-3)C(C)(C)c2ccc3oc5ccccc5c3c2-4)c(-c2ccccc2)c1. The predicted octanol–water partition coefficient (Wildman–Crippen LogP) is 18.1. The summed E-state index contributed by atoms with van der Waals surface area (Å²) in [4.78, 5) is 2.61. The van der Waals surface area contributed by atoms with Crippen LogP contribution in [0.4, 0.5) is 17.1 Å². The van der Waals surface area contributed by atoms with E-state index in [9.17, 15) is 0 Å². The van der Waals surface area contributed by atoms with Crippen LogP contribution in [0.3, 0.4) is 0 Å². The van der Waals surface area contributed by atoms with Gasteiger partial charge in [0.1, 0.15) is 38.5 Å². The lowest BCUT2D eigenvalue weighted by Crippen LogP contribution is -2.49. The number of furan rings is 2. The molecule has 0 saturated heterocycles. The summed E-state index contributed by atoms with van der Waals surface area (Å²) in [6, 6.07) is 69.9. The average Bonchev–Trinajstić information content (AvgIpc) is 2.71. The van der Waals surface area contributed by atoms with Crippen molar-refractivity contribution < 1.29 is 8.83 Å². The zero-order valence-electron chi connectivity index (χ0n) is 47.1. The van der Waals surface area contributed by atoms with Gasteiger partial charge in [0, 0.05) is 49.3 Å². The number of fused-ring (bicyclic) bond motifs is 20. The molecule has 4 aliphatic rings. The molecule has 3 nitrogen and oxygen atoms in total. The molecule has 0 atom stereocenters. The minimum Gasteiger partial charge on any atom is -0.456 e. The largest absolute Gasteiger partial charge is 0.456 e. The fourth-order valence-corrected chi connectivity index (χ4v) is 21.4. The molecule has 2 aliphatic heterocycles. The Balaban J connectivity index is 0.878. The lowest BCUT2D eigenvalue weighted by Gasteiger charge is -2.32. The predicted molar refractivity (Wildman–Crippen MR) is 339 cm³/mol. The summed E-state index contributed by atoms with van der Waals surface area (Å²) < 4.78 is 13.1. The van der Waals surface area contributed by atoms with E-state index >= 15 is 0 Å². The molecule has 79 heavy (non-hydrogen) atoms. The Kier molecular flexibility index (Phi) is 9.20. The van der Waals surface area contributed by atoms with Gasteiger partial charge in [0.05, 0.1) is 5.69 Å². The topological polar surface area (TPSA) is 29.5 Å². The summed E-state index contributed by atoms with van der Waals surface area (Å²) in [5.74, 6) is 0. The van der Waals surface area contributed by atoms with Crippen LogP contribution in [-0.2, 0) is 16.2 Å². The maximum absolute atomic E-state index is 6.53. The van der Waals surface area contributed by atoms with E-state index in [2.05, 4.69) is 262 Å². The van der Waals surface area contributed by atoms with Gasteiger partial charge >= 0.3 is 0 Å². The van der Waals surface area contributed by atoms with Crippen LogP contribution >= 0.6 is 0 Å². The number of benzene rings is 10. The van der Waals surface area contributed by atoms with Gasteiger partial charge in [-0.05, 0) is 177 Å². The highest BCUT2D eigenvalue weighted by Gasteiger charge is 2.46. The van der Waals surface area contributed by atoms with Crippen molar-refractivity contribution in [1.82, 2.24) is 0 Å². The third kappa shape index (κ3) is 6.18. The van der Waals surface area contributed by atoms with Gasteiger partial charge in [-0.2, -0.15) is 0 Å². The fourth-order valence-electron chi connectivity index (χ4n) is 15.3. The van der Waals surface area contributed by atoms with Crippen LogP contribution in [0.5, 0.6) is 0 Å². The first-order chi connectivity index (χ1) is 37.8. The van der Waals surface area contributed by atoms with E-state index in [4.69, 9.17) is 8.83 Å². The van der Waals surface area contributed by atoms with E-state index in [-0.39, 0.29) is 16.2 Å². The van der Waals surface area contributed by atoms with Crippen molar-refractivity contribution in [3.8, 4) is 55.6 Å². The first kappa shape index (κ1) is 47.1. The maximum Gasteiger partial charge on any atom is 0.136 e. The molecule has 0 amide bonds. The molecule has 16 rings (SSSR count). The van der Waals surface area contributed by atoms with Crippen molar-refractivity contribution in [2.75, 3.05) is 4.90 Å². The fraction of sp³-hybridized carbons (Fsp3) is 0.189. The number of hydrogen-bond acceptors (Lipinski definition) is 3. The molecule has 0 bridgehead atoms. The number of rotatable bonds is 4. The maximum atomic E-state index is 6.53. The van der Waals surface area contributed by atoms with Gasteiger partial charge in [0.15, 0.2) is 0 Å². The molecule has 4 heterocycles. The average molecular weight is 1050 g/mol. The van der Waals surface area contributed by atoms with Crippen molar-refractivity contribution >= 4 is 97.8 Å². The minimum absolute atomic E-state index is 0.0332. The van der Waals surface area contributed by atoms with Gasteiger partial charge in [-0.15, -0.1) is 0 Å². The Labute approximate surface area is 465 Å². The molecular weight excluding hydrogens is 991 g/mol. The molecule has 0 unspecified atom stereocenters. The minimum atomic E-state index is -2.29. The van der Waals surface area contributed by atoms with Crippen LogP contribution in [0.25, 0.3) is 99.5 Å². The Hall–Kier alpha value is -7.97. The van der Waals surface area contributed by atoms with E-state index in [0.29, 0.717) is 0 Å². The van der Waals surface area contributed by atoms with Crippen molar-refractivity contribution in [3.63, 3.8) is 0 Å². The Bertz CT molecular complexity index is 4460. The van der Waals surface area contributed by atoms with Crippen LogP contribution in [0.2, 0.25) is 26.2 Å². The monoisotopic (exact) mass is 1050 g/mol. The second kappa shape index (κ2) is 15.4. The van der Waals surface area contributed by atoms with Crippen LogP contribution in [-0.4, -0.2) is 16.1 Å². The first-order valence-electron chi connectivity index (χ1n) is 28.4. The van der Waals surface area contributed by atoms with E-state index in [1.54, 1.807) is 0 Å². The van der Waals surface area contributed by atoms with E-state index in [0.717, 1.165) is 22.3 Å². The zero-order valence-corrected chi connectivity index (χ0v) is 49.1. The van der Waals surface area contributed by atoms with Crippen molar-refractivity contribution in [2.45, 2.75) is 90.9 Å². The van der Waals surface area contributed by atoms with Crippen LogP contribution in [0.1, 0.15) is 76.3 Å². The van der Waals surface area contributed by atoms with Gasteiger partial charge in [-0.1, -0.05) is 184 Å². The van der Waals surface area contributed by atoms with Gasteiger partial charge in [0.25, 0.3) is 0 Å². The first-order valence-corrected chi connectivity index (χ1v) is 34.4. The standard InChI is InChI=1S/C74H63NO2Si2/c1-72(2,3)43-25-32-59(50(35-43)42-19-13-12-14-20-42)75(44-26-28-46-51-38-57-53(40-66(51)78(8,9)64(46)36-44)68-55(73(57,4)5)30-33-62-70(68)48-21-15-17-23-60(48)76-62)45-27-29-47-52-39-58-54(41-67(52)79(10,11)65(47)37-45)69-56(74(58,6)7)31-34-63-71(69)49-22-16-18-24-61(49)77-63/h12-41H,1-11H3. The molecule has 0 N–H and O–H groups in total. The smallest absolute Gasteiger partial charge is 0.136 e. The van der Waals surface area contributed by atoms with E-state index < -0.39 is 16.1 Å². The Morgan fingerprint density at radius 1 is 0.380 bits per heavy atom. The van der Waals surface area contributed by atoms with Gasteiger partial charge in [0.2, 0.25) is 0 Å². The molecule has 0 saturated carbocycles. The molecular formula is C74H63NO2Si2. The molecule has 0 radical (unpaired) electrons. The normalized spacial score (nSPS) is 16.2. The molecule has 0 fully saturated rings. The molecule has 384 valence electrons. The van der Waals surface area contributed by atoms with Crippen LogP contribution in [0, 0.1) is 0 Å². The highest BCUT2D eigenvalue weighted by molar-refractivity contribution is 7.04. The van der Waals surface area contributed by atoms with Gasteiger partial charge < -0.3 is 13.7 Å². The quantitative estimate of drug-likeness (QED) is 0.165. The number of para-hydroxylation sites is 2. The molecule has 5 heteroatoms. The molecule has 12 aromatic rings. The summed E-state index contributed by atoms with van der Waals surface area (Å²) in [5, 5.41) is 10.9. The van der Waals surface area contributed by atoms with Gasteiger partial charge in [-0.3, -0.25) is 0 Å². The molecule has 2 aromatic heterocycles. The third-order valence-electron chi connectivity index (χ3n) is 19.6. The highest BCUT2D eigenvalue weighted by Crippen LogP contribution is 2.57. The second-order valence-corrected chi connectivity index (χ2v) is 35.1. The summed E-state index contributed by atoms with van der Waals surface area (Å²) in [6.45, 7) is 27.0. The summed E-state index contributed by atoms with van der Waals surface area (Å²) in [5.41, 5.74) is 27.4.